The summed E-state index contributed by atoms with van der Waals surface area (Å²) in [4.78, 5) is 21.9. The zero-order chi connectivity index (χ0) is 21.7. The number of nitrogens with zero attached hydrogens (tertiary/aromatic N) is 3. The maximum Gasteiger partial charge on any atom is 0.341 e. The van der Waals surface area contributed by atoms with Crippen LogP contribution in [0.15, 0.2) is 24.3 Å². The van der Waals surface area contributed by atoms with Gasteiger partial charge in [0.15, 0.2) is 0 Å². The molecule has 0 aliphatic carbocycles. The Morgan fingerprint density at radius 1 is 1.23 bits per heavy atom. The van der Waals surface area contributed by atoms with E-state index < -0.39 is 11.7 Å². The van der Waals surface area contributed by atoms with Crippen LogP contribution in [-0.2, 0) is 4.84 Å². The third-order valence-electron chi connectivity index (χ3n) is 5.28. The smallest absolute Gasteiger partial charge is 0.341 e. The molecule has 3 rings (SSSR count). The molecule has 3 unspecified atom stereocenters. The molecular weight excluding hydrogens is 384 g/mol. The summed E-state index contributed by atoms with van der Waals surface area (Å²) in [5.74, 6) is 1.43. The van der Waals surface area contributed by atoms with E-state index in [0.29, 0.717) is 42.8 Å². The molecule has 0 aromatic heterocycles. The van der Waals surface area contributed by atoms with Crippen molar-refractivity contribution < 1.29 is 19.5 Å². The minimum Gasteiger partial charge on any atom is -0.491 e. The van der Waals surface area contributed by atoms with Gasteiger partial charge in [-0.25, -0.2) is 10.3 Å². The van der Waals surface area contributed by atoms with Gasteiger partial charge < -0.3 is 14.7 Å². The second-order valence-corrected chi connectivity index (χ2v) is 9.31. The van der Waals surface area contributed by atoms with E-state index in [0.717, 1.165) is 19.5 Å². The molecule has 2 amide bonds. The average Bonchev–Trinajstić information content (AvgIpc) is 2.69. The average molecular weight is 417 g/mol. The zero-order valence-corrected chi connectivity index (χ0v) is 18.0. The highest BCUT2D eigenvalue weighted by molar-refractivity contribution is 5.73. The summed E-state index contributed by atoms with van der Waals surface area (Å²) in [7, 11) is 0. The zero-order valence-electron chi connectivity index (χ0n) is 18.0. The number of hydrogen-bond acceptors (Lipinski definition) is 6. The van der Waals surface area contributed by atoms with Crippen molar-refractivity contribution in [2.45, 2.75) is 38.9 Å². The number of aliphatic hydroxyl groups is 1. The van der Waals surface area contributed by atoms with Crippen LogP contribution >= 0.6 is 0 Å². The lowest BCUT2D eigenvalue weighted by atomic mass is 9.84. The van der Waals surface area contributed by atoms with Gasteiger partial charge in [-0.1, -0.05) is 0 Å². The first-order valence-electron chi connectivity index (χ1n) is 10.5. The third-order valence-corrected chi connectivity index (χ3v) is 5.28. The molecule has 2 aliphatic rings. The molecule has 2 aliphatic heterocycles. The topological polar surface area (TPSA) is 98.1 Å². The van der Waals surface area contributed by atoms with Gasteiger partial charge in [0.25, 0.3) is 0 Å². The van der Waals surface area contributed by atoms with Gasteiger partial charge in [-0.3, -0.25) is 9.74 Å². The number of rotatable bonds is 6. The van der Waals surface area contributed by atoms with Crippen molar-refractivity contribution in [3.8, 4) is 11.8 Å². The van der Waals surface area contributed by atoms with E-state index >= 15 is 0 Å². The van der Waals surface area contributed by atoms with Crippen LogP contribution < -0.4 is 10.2 Å². The van der Waals surface area contributed by atoms with E-state index in [2.05, 4.69) is 16.4 Å². The van der Waals surface area contributed by atoms with Crippen LogP contribution in [-0.4, -0.2) is 72.0 Å². The Bertz CT molecular complexity index is 742. The van der Waals surface area contributed by atoms with E-state index in [9.17, 15) is 9.90 Å². The second-order valence-electron chi connectivity index (χ2n) is 9.31. The van der Waals surface area contributed by atoms with Crippen LogP contribution in [0.5, 0.6) is 5.75 Å². The maximum atomic E-state index is 12.4. The summed E-state index contributed by atoms with van der Waals surface area (Å²) in [6.45, 7) is 9.54. The fourth-order valence-electron chi connectivity index (χ4n) is 4.13. The number of hydroxylamine groups is 1. The quantitative estimate of drug-likeness (QED) is 0.689. The number of likely N-dealkylation sites (tertiary alicyclic amines) is 2. The Labute approximate surface area is 178 Å². The van der Waals surface area contributed by atoms with E-state index in [1.807, 2.05) is 25.7 Å². The van der Waals surface area contributed by atoms with Crippen molar-refractivity contribution in [3.05, 3.63) is 29.8 Å². The van der Waals surface area contributed by atoms with Gasteiger partial charge in [-0.05, 0) is 63.3 Å². The molecule has 0 spiro atoms. The minimum atomic E-state index is -0.598. The molecule has 1 aromatic rings. The molecular formula is C22H32N4O4. The fraction of sp³-hybridized carbons (Fsp3) is 0.636. The number of β-amino-alcohol motifs (C(OH)–C–C–N with tert-alkyl or cyclic N) is 1. The molecule has 2 saturated heterocycles. The molecule has 8 nitrogen and oxygen atoms in total. The first kappa shape index (κ1) is 22.3. The molecule has 1 aromatic carbocycles. The van der Waals surface area contributed by atoms with Crippen LogP contribution in [0.1, 0.15) is 32.8 Å². The Hall–Kier alpha value is -2.34. The number of benzene rings is 1. The number of urea groups is 1. The maximum absolute atomic E-state index is 12.4. The predicted octanol–water partition coefficient (Wildman–Crippen LogP) is 1.99. The molecule has 30 heavy (non-hydrogen) atoms. The minimum absolute atomic E-state index is 0.177. The Morgan fingerprint density at radius 3 is 2.43 bits per heavy atom. The highest BCUT2D eigenvalue weighted by atomic mass is 16.7. The normalized spacial score (nSPS) is 22.8. The Balaban J connectivity index is 1.42. The van der Waals surface area contributed by atoms with Crippen LogP contribution in [0.2, 0.25) is 0 Å². The van der Waals surface area contributed by atoms with Crippen molar-refractivity contribution in [2.24, 2.45) is 11.8 Å². The van der Waals surface area contributed by atoms with E-state index in [-0.39, 0.29) is 12.6 Å². The van der Waals surface area contributed by atoms with E-state index in [1.54, 1.807) is 24.3 Å². The molecule has 2 bridgehead atoms. The summed E-state index contributed by atoms with van der Waals surface area (Å²) < 4.78 is 5.64. The van der Waals surface area contributed by atoms with Gasteiger partial charge in [0.1, 0.15) is 18.5 Å². The van der Waals surface area contributed by atoms with Gasteiger partial charge in [0, 0.05) is 32.7 Å². The number of ether oxygens (including phenoxy) is 1. The molecule has 8 heteroatoms. The van der Waals surface area contributed by atoms with Crippen molar-refractivity contribution in [3.63, 3.8) is 0 Å². The Kier molecular flexibility index (Phi) is 7.19. The van der Waals surface area contributed by atoms with Crippen molar-refractivity contribution >= 4 is 6.03 Å². The van der Waals surface area contributed by atoms with Gasteiger partial charge in [-0.2, -0.15) is 5.26 Å². The highest BCUT2D eigenvalue weighted by Crippen LogP contribution is 2.28. The lowest BCUT2D eigenvalue weighted by Gasteiger charge is -2.46. The van der Waals surface area contributed by atoms with Crippen molar-refractivity contribution in [1.82, 2.24) is 15.3 Å². The molecule has 2 heterocycles. The number of nitrogens with one attached hydrogen (secondary N) is 1. The summed E-state index contributed by atoms with van der Waals surface area (Å²) >= 11 is 0. The lowest BCUT2D eigenvalue weighted by molar-refractivity contribution is -0.0636. The molecule has 0 radical (unpaired) electrons. The van der Waals surface area contributed by atoms with Crippen LogP contribution in [0.4, 0.5) is 4.79 Å². The molecule has 0 saturated carbocycles. The first-order valence-corrected chi connectivity index (χ1v) is 10.5. The van der Waals surface area contributed by atoms with E-state index in [4.69, 9.17) is 14.8 Å². The third kappa shape index (κ3) is 6.59. The molecule has 2 N–H and O–H groups in total. The number of nitriles is 1. The fourth-order valence-corrected chi connectivity index (χ4v) is 4.13. The van der Waals surface area contributed by atoms with Crippen LogP contribution in [0.25, 0.3) is 0 Å². The van der Waals surface area contributed by atoms with Gasteiger partial charge in [0.05, 0.1) is 17.2 Å². The first-order chi connectivity index (χ1) is 14.2. The number of carbonyl (C=O) groups is 1. The number of carbonyl (C=O) groups excluding carboxylic acids is 1. The summed E-state index contributed by atoms with van der Waals surface area (Å²) in [6, 6.07) is 8.76. The Morgan fingerprint density at radius 2 is 1.87 bits per heavy atom. The number of fused-ring (bicyclic) bond motifs is 2. The van der Waals surface area contributed by atoms with Gasteiger partial charge >= 0.3 is 6.03 Å². The number of piperidine rings is 2. The second kappa shape index (κ2) is 9.65. The summed E-state index contributed by atoms with van der Waals surface area (Å²) in [5.41, 5.74) is 2.72. The molecule has 2 fully saturated rings. The number of aliphatic hydroxyl groups excluding tert-OH is 1. The van der Waals surface area contributed by atoms with Crippen LogP contribution in [0, 0.1) is 23.2 Å². The van der Waals surface area contributed by atoms with Gasteiger partial charge in [0.2, 0.25) is 0 Å². The molecule has 164 valence electrons. The van der Waals surface area contributed by atoms with E-state index in [1.165, 1.54) is 0 Å². The lowest BCUT2D eigenvalue weighted by Crippen LogP contribution is -2.57. The summed E-state index contributed by atoms with van der Waals surface area (Å²) in [5, 5.41) is 19.2. The summed E-state index contributed by atoms with van der Waals surface area (Å²) in [6.07, 6.45) is 0.511. The number of hydrogen-bond donors (Lipinski definition) is 2. The largest absolute Gasteiger partial charge is 0.491 e. The monoisotopic (exact) mass is 416 g/mol. The standard InChI is InChI=1S/C22H32N4O4/c1-22(2,3)30-24-21(28)26-12-17-8-18(13-26)11-25(10-17)14-19(27)15-29-20-6-4-16(9-23)5-7-20/h4-7,17-19,27H,8,10-15H2,1-3H3,(H,24,28). The predicted molar refractivity (Wildman–Crippen MR) is 112 cm³/mol. The van der Waals surface area contributed by atoms with Crippen LogP contribution in [0.3, 0.4) is 0 Å². The SMILES string of the molecule is CC(C)(C)ONC(=O)N1CC2CC(CN(CC(O)COc3ccc(C#N)cc3)C2)C1. The van der Waals surface area contributed by atoms with Gasteiger partial charge in [-0.15, -0.1) is 0 Å². The highest BCUT2D eigenvalue weighted by Gasteiger charge is 2.36. The number of amides is 2. The molecule has 3 atom stereocenters. The van der Waals surface area contributed by atoms with Crippen molar-refractivity contribution in [1.29, 1.82) is 5.26 Å². The van der Waals surface area contributed by atoms with Crippen molar-refractivity contribution in [2.75, 3.05) is 39.3 Å².